The zero-order valence-electron chi connectivity index (χ0n) is 5.76. The highest BCUT2D eigenvalue weighted by molar-refractivity contribution is 7.94. The van der Waals surface area contributed by atoms with Crippen LogP contribution in [-0.4, -0.2) is 32.0 Å². The van der Waals surface area contributed by atoms with Crippen molar-refractivity contribution in [2.24, 2.45) is 0 Å². The molecule has 0 unspecified atom stereocenters. The molecule has 0 saturated carbocycles. The molecule has 1 spiro atoms. The normalized spacial score (nSPS) is 43.6. The lowest BCUT2D eigenvalue weighted by Crippen LogP contribution is -2.52. The smallest absolute Gasteiger partial charge is 0.157 e. The molecule has 0 aromatic heterocycles. The molecule has 0 aromatic rings. The van der Waals surface area contributed by atoms with Crippen LogP contribution in [0.15, 0.2) is 0 Å². The van der Waals surface area contributed by atoms with Crippen LogP contribution in [0.2, 0.25) is 0 Å². The standard InChI is InChI=1S/C6H11NO2S/c8-10(9)4-2-6(10)1-3-7-5-6/h7H,1-5H2/t6-/m1/s1. The first-order valence-electron chi connectivity index (χ1n) is 3.59. The van der Waals surface area contributed by atoms with Gasteiger partial charge in [-0.3, -0.25) is 0 Å². The summed E-state index contributed by atoms with van der Waals surface area (Å²) in [6.45, 7) is 1.56. The lowest BCUT2D eigenvalue weighted by Gasteiger charge is -2.36. The van der Waals surface area contributed by atoms with Crippen LogP contribution in [0.3, 0.4) is 0 Å². The second kappa shape index (κ2) is 1.74. The zero-order chi connectivity index (χ0) is 7.24. The first-order chi connectivity index (χ1) is 4.66. The Kier molecular flexibility index (Phi) is 1.15. The average molecular weight is 161 g/mol. The minimum Gasteiger partial charge on any atom is -0.315 e. The number of hydrogen-bond donors (Lipinski definition) is 1. The Balaban J connectivity index is 2.32. The summed E-state index contributed by atoms with van der Waals surface area (Å²) in [6.07, 6.45) is 1.71. The summed E-state index contributed by atoms with van der Waals surface area (Å²) in [5, 5.41) is 3.09. The Hall–Kier alpha value is -0.0900. The monoisotopic (exact) mass is 161 g/mol. The summed E-state index contributed by atoms with van der Waals surface area (Å²) in [7, 11) is -2.68. The van der Waals surface area contributed by atoms with E-state index in [1.165, 1.54) is 0 Å². The largest absolute Gasteiger partial charge is 0.315 e. The van der Waals surface area contributed by atoms with Crippen LogP contribution < -0.4 is 5.32 Å². The molecule has 0 amide bonds. The third-order valence-electron chi connectivity index (χ3n) is 2.69. The van der Waals surface area contributed by atoms with Crippen molar-refractivity contribution in [3.05, 3.63) is 0 Å². The summed E-state index contributed by atoms with van der Waals surface area (Å²) in [4.78, 5) is 0. The van der Waals surface area contributed by atoms with Crippen molar-refractivity contribution >= 4 is 9.84 Å². The lowest BCUT2D eigenvalue weighted by molar-refractivity contribution is 0.472. The number of hydrogen-bond acceptors (Lipinski definition) is 3. The van der Waals surface area contributed by atoms with E-state index < -0.39 is 9.84 Å². The molecule has 0 aromatic carbocycles. The predicted molar refractivity (Wildman–Crippen MR) is 38.6 cm³/mol. The van der Waals surface area contributed by atoms with Gasteiger partial charge in [0, 0.05) is 6.54 Å². The van der Waals surface area contributed by atoms with E-state index in [0.29, 0.717) is 12.3 Å². The molecule has 2 aliphatic rings. The van der Waals surface area contributed by atoms with Crippen molar-refractivity contribution in [1.82, 2.24) is 5.32 Å². The fourth-order valence-corrected chi connectivity index (χ4v) is 3.61. The highest BCUT2D eigenvalue weighted by Crippen LogP contribution is 2.38. The summed E-state index contributed by atoms with van der Waals surface area (Å²) < 4.78 is 22.1. The quantitative estimate of drug-likeness (QED) is 0.523. The van der Waals surface area contributed by atoms with Gasteiger partial charge in [-0.2, -0.15) is 0 Å². The van der Waals surface area contributed by atoms with Gasteiger partial charge in [0.25, 0.3) is 0 Å². The van der Waals surface area contributed by atoms with Gasteiger partial charge in [0.05, 0.1) is 10.5 Å². The number of rotatable bonds is 0. The first kappa shape index (κ1) is 6.61. The average Bonchev–Trinajstić information content (AvgIpc) is 2.34. The maximum absolute atomic E-state index is 11.2. The molecule has 3 nitrogen and oxygen atoms in total. The van der Waals surface area contributed by atoms with Gasteiger partial charge >= 0.3 is 0 Å². The van der Waals surface area contributed by atoms with E-state index in [2.05, 4.69) is 5.32 Å². The highest BCUT2D eigenvalue weighted by atomic mass is 32.2. The van der Waals surface area contributed by atoms with E-state index in [1.807, 2.05) is 0 Å². The second-order valence-electron chi connectivity index (χ2n) is 3.18. The fraction of sp³-hybridized carbons (Fsp3) is 1.00. The Labute approximate surface area is 60.7 Å². The molecule has 0 bridgehead atoms. The second-order valence-corrected chi connectivity index (χ2v) is 5.68. The van der Waals surface area contributed by atoms with Gasteiger partial charge in [-0.05, 0) is 19.4 Å². The van der Waals surface area contributed by atoms with E-state index in [1.54, 1.807) is 0 Å². The van der Waals surface area contributed by atoms with Gasteiger partial charge in [0.1, 0.15) is 0 Å². The van der Waals surface area contributed by atoms with Gasteiger partial charge in [-0.15, -0.1) is 0 Å². The van der Waals surface area contributed by atoms with Crippen molar-refractivity contribution in [2.45, 2.75) is 17.6 Å². The van der Waals surface area contributed by atoms with Crippen LogP contribution in [0.4, 0.5) is 0 Å². The van der Waals surface area contributed by atoms with E-state index in [9.17, 15) is 8.42 Å². The minimum atomic E-state index is -2.68. The van der Waals surface area contributed by atoms with Crippen LogP contribution >= 0.6 is 0 Å². The molecular formula is C6H11NO2S. The molecule has 1 atom stereocenters. The highest BCUT2D eigenvalue weighted by Gasteiger charge is 2.53. The van der Waals surface area contributed by atoms with Crippen molar-refractivity contribution in [3.63, 3.8) is 0 Å². The van der Waals surface area contributed by atoms with E-state index in [0.717, 1.165) is 19.4 Å². The van der Waals surface area contributed by atoms with E-state index in [4.69, 9.17) is 0 Å². The molecule has 1 N–H and O–H groups in total. The van der Waals surface area contributed by atoms with Gasteiger partial charge < -0.3 is 5.32 Å². The SMILES string of the molecule is O=S1(=O)CC[C@@]12CCNC2. The molecule has 58 valence electrons. The summed E-state index contributed by atoms with van der Waals surface area (Å²) in [5.74, 6) is 0.411. The Bertz CT molecular complexity index is 238. The lowest BCUT2D eigenvalue weighted by atomic mass is 10.0. The van der Waals surface area contributed by atoms with Crippen molar-refractivity contribution in [3.8, 4) is 0 Å². The van der Waals surface area contributed by atoms with E-state index in [-0.39, 0.29) is 4.75 Å². The maximum Gasteiger partial charge on any atom is 0.157 e. The third kappa shape index (κ3) is 0.609. The van der Waals surface area contributed by atoms with Crippen molar-refractivity contribution in [2.75, 3.05) is 18.8 Å². The predicted octanol–water partition coefficient (Wildman–Crippen LogP) is -0.463. The van der Waals surface area contributed by atoms with Gasteiger partial charge in [-0.25, -0.2) is 8.42 Å². The molecule has 4 heteroatoms. The summed E-state index contributed by atoms with van der Waals surface area (Å²) >= 11 is 0. The Morgan fingerprint density at radius 1 is 1.30 bits per heavy atom. The Morgan fingerprint density at radius 3 is 2.30 bits per heavy atom. The molecular weight excluding hydrogens is 150 g/mol. The molecule has 2 fully saturated rings. The van der Waals surface area contributed by atoms with Gasteiger partial charge in [0.15, 0.2) is 9.84 Å². The minimum absolute atomic E-state index is 0.326. The zero-order valence-corrected chi connectivity index (χ0v) is 6.58. The van der Waals surface area contributed by atoms with Crippen molar-refractivity contribution in [1.29, 1.82) is 0 Å². The third-order valence-corrected chi connectivity index (χ3v) is 5.30. The first-order valence-corrected chi connectivity index (χ1v) is 5.25. The van der Waals surface area contributed by atoms with Crippen molar-refractivity contribution < 1.29 is 8.42 Å². The van der Waals surface area contributed by atoms with Crippen LogP contribution in [0.1, 0.15) is 12.8 Å². The number of sulfone groups is 1. The van der Waals surface area contributed by atoms with Gasteiger partial charge in [-0.1, -0.05) is 0 Å². The van der Waals surface area contributed by atoms with Crippen LogP contribution in [-0.2, 0) is 9.84 Å². The molecule has 0 radical (unpaired) electrons. The maximum atomic E-state index is 11.2. The fourth-order valence-electron chi connectivity index (χ4n) is 1.76. The van der Waals surface area contributed by atoms with E-state index >= 15 is 0 Å². The molecule has 0 aliphatic carbocycles. The van der Waals surface area contributed by atoms with Crippen LogP contribution in [0.5, 0.6) is 0 Å². The van der Waals surface area contributed by atoms with Crippen LogP contribution in [0.25, 0.3) is 0 Å². The molecule has 10 heavy (non-hydrogen) atoms. The molecule has 2 saturated heterocycles. The summed E-state index contributed by atoms with van der Waals surface area (Å²) in [5.41, 5.74) is 0. The topological polar surface area (TPSA) is 46.2 Å². The molecule has 2 heterocycles. The number of nitrogens with one attached hydrogen (secondary N) is 1. The molecule has 2 aliphatic heterocycles. The Morgan fingerprint density at radius 2 is 2.10 bits per heavy atom. The van der Waals surface area contributed by atoms with Gasteiger partial charge in [0.2, 0.25) is 0 Å². The molecule has 2 rings (SSSR count). The van der Waals surface area contributed by atoms with Crippen LogP contribution in [0, 0.1) is 0 Å². The summed E-state index contributed by atoms with van der Waals surface area (Å²) in [6, 6.07) is 0.